The van der Waals surface area contributed by atoms with Gasteiger partial charge in [0.25, 0.3) is 0 Å². The van der Waals surface area contributed by atoms with Crippen molar-refractivity contribution in [3.8, 4) is 0 Å². The molecule has 1 nitrogen and oxygen atoms in total. The molecule has 1 saturated heterocycles. The molecule has 0 amide bonds. The Balaban J connectivity index is 2.50. The van der Waals surface area contributed by atoms with Crippen LogP contribution in [0.5, 0.6) is 0 Å². The average molecular weight is 359 g/mol. The Morgan fingerprint density at radius 2 is 1.32 bits per heavy atom. The lowest BCUT2D eigenvalue weighted by Crippen LogP contribution is -2.78. The minimum atomic E-state index is -1.47. The monoisotopic (exact) mass is 358 g/mol. The van der Waals surface area contributed by atoms with Crippen molar-refractivity contribution in [1.82, 2.24) is 0 Å². The molecule has 0 spiro atoms. The van der Waals surface area contributed by atoms with E-state index < -0.39 is 22.5 Å². The van der Waals surface area contributed by atoms with Crippen LogP contribution in [0.25, 0.3) is 0 Å². The van der Waals surface area contributed by atoms with Crippen LogP contribution >= 0.6 is 0 Å². The predicted octanol–water partition coefficient (Wildman–Crippen LogP) is 6.69. The second-order valence-corrected chi connectivity index (χ2v) is 36.9. The van der Waals surface area contributed by atoms with E-state index in [9.17, 15) is 0 Å². The standard InChI is InChI=1S/C18H42OSi3/c1-9-10-11-12-13-14-15-16-18(2)17-20(3,4)22(7,8)21(5,6)19-18/h9-17H2,1-8H3. The first-order chi connectivity index (χ1) is 9.97. The summed E-state index contributed by atoms with van der Waals surface area (Å²) < 4.78 is 6.89. The van der Waals surface area contributed by atoms with E-state index in [-0.39, 0.29) is 5.60 Å². The third-order valence-electron chi connectivity index (χ3n) is 6.82. The molecule has 0 radical (unpaired) electrons. The highest BCUT2D eigenvalue weighted by atomic mass is 29.6. The summed E-state index contributed by atoms with van der Waals surface area (Å²) in [5.74, 6) is 0. The molecule has 0 N–H and O–H groups in total. The third kappa shape index (κ3) is 4.81. The minimum absolute atomic E-state index is 0.206. The normalized spacial score (nSPS) is 29.5. The molecule has 1 aliphatic rings. The Hall–Kier alpha value is 0.611. The molecular weight excluding hydrogens is 316 g/mol. The maximum atomic E-state index is 6.89. The van der Waals surface area contributed by atoms with Gasteiger partial charge in [0.15, 0.2) is 7.83 Å². The molecule has 0 aromatic rings. The van der Waals surface area contributed by atoms with Crippen molar-refractivity contribution >= 4 is 22.5 Å². The van der Waals surface area contributed by atoms with Crippen LogP contribution in [0.1, 0.15) is 65.2 Å². The molecule has 0 aromatic heterocycles. The molecule has 22 heavy (non-hydrogen) atoms. The van der Waals surface area contributed by atoms with Crippen molar-refractivity contribution < 1.29 is 4.43 Å². The van der Waals surface area contributed by atoms with Crippen LogP contribution in [-0.2, 0) is 4.43 Å². The molecule has 0 aliphatic carbocycles. The van der Waals surface area contributed by atoms with Crippen LogP contribution in [0.15, 0.2) is 0 Å². The summed E-state index contributed by atoms with van der Waals surface area (Å²) in [4.78, 5) is 0. The first-order valence-electron chi connectivity index (χ1n) is 9.68. The fraction of sp³-hybridized carbons (Fsp3) is 1.00. The van der Waals surface area contributed by atoms with Gasteiger partial charge in [0.1, 0.15) is 0 Å². The number of hydrogen-bond acceptors (Lipinski definition) is 1. The van der Waals surface area contributed by atoms with Gasteiger partial charge in [0.05, 0.1) is 12.7 Å². The maximum Gasteiger partial charge on any atom is 0.172 e. The Kier molecular flexibility index (Phi) is 7.20. The summed E-state index contributed by atoms with van der Waals surface area (Å²) in [5, 5.41) is 0. The zero-order chi connectivity index (χ0) is 17.1. The molecule has 0 bridgehead atoms. The largest absolute Gasteiger partial charge is 0.415 e. The lowest BCUT2D eigenvalue weighted by molar-refractivity contribution is 0.0877. The van der Waals surface area contributed by atoms with E-state index in [0.717, 1.165) is 0 Å². The molecule has 4 heteroatoms. The molecule has 1 rings (SSSR count). The van der Waals surface area contributed by atoms with Crippen molar-refractivity contribution in [3.05, 3.63) is 0 Å². The van der Waals surface area contributed by atoms with Crippen molar-refractivity contribution in [3.63, 3.8) is 0 Å². The van der Waals surface area contributed by atoms with Crippen molar-refractivity contribution in [2.24, 2.45) is 0 Å². The van der Waals surface area contributed by atoms with Crippen molar-refractivity contribution in [2.75, 3.05) is 0 Å². The fourth-order valence-corrected chi connectivity index (χ4v) is 35.1. The van der Waals surface area contributed by atoms with Crippen molar-refractivity contribution in [1.29, 1.82) is 0 Å². The molecule has 1 atom stereocenters. The number of rotatable bonds is 8. The Bertz CT molecular complexity index is 330. The predicted molar refractivity (Wildman–Crippen MR) is 109 cm³/mol. The zero-order valence-corrected chi connectivity index (χ0v) is 19.8. The lowest BCUT2D eigenvalue weighted by atomic mass is 9.99. The Labute approximate surface area is 143 Å². The molecule has 1 aliphatic heterocycles. The van der Waals surface area contributed by atoms with Gasteiger partial charge in [-0.15, -0.1) is 0 Å². The molecule has 0 saturated carbocycles. The first kappa shape index (κ1) is 20.7. The summed E-state index contributed by atoms with van der Waals surface area (Å²) in [6.07, 6.45) is 11.2. The van der Waals surface area contributed by atoms with Crippen LogP contribution in [0, 0.1) is 0 Å². The fourth-order valence-electron chi connectivity index (χ4n) is 4.35. The van der Waals surface area contributed by atoms with E-state index in [4.69, 9.17) is 4.43 Å². The summed E-state index contributed by atoms with van der Waals surface area (Å²) >= 11 is 0. The molecule has 1 heterocycles. The van der Waals surface area contributed by atoms with Gasteiger partial charge in [-0.25, -0.2) is 0 Å². The third-order valence-corrected chi connectivity index (χ3v) is 47.4. The minimum Gasteiger partial charge on any atom is -0.415 e. The van der Waals surface area contributed by atoms with Gasteiger partial charge < -0.3 is 4.43 Å². The molecule has 1 fully saturated rings. The smallest absolute Gasteiger partial charge is 0.172 e. The van der Waals surface area contributed by atoms with Crippen LogP contribution in [0.2, 0.25) is 45.3 Å². The van der Waals surface area contributed by atoms with E-state index in [1.807, 2.05) is 0 Å². The zero-order valence-electron chi connectivity index (χ0n) is 16.8. The topological polar surface area (TPSA) is 9.23 Å². The molecule has 1 unspecified atom stereocenters. The van der Waals surface area contributed by atoms with Gasteiger partial charge in [0.2, 0.25) is 0 Å². The molecule has 0 aromatic carbocycles. The second-order valence-electron chi connectivity index (χ2n) is 9.62. The molecular formula is C18H42OSi3. The highest BCUT2D eigenvalue weighted by molar-refractivity contribution is 7.67. The average Bonchev–Trinajstić information content (AvgIpc) is 2.34. The van der Waals surface area contributed by atoms with Gasteiger partial charge in [-0.2, -0.15) is 0 Å². The van der Waals surface area contributed by atoms with Crippen molar-refractivity contribution in [2.45, 2.75) is 116 Å². The van der Waals surface area contributed by atoms with Crippen LogP contribution in [0.4, 0.5) is 0 Å². The van der Waals surface area contributed by atoms with Gasteiger partial charge in [-0.05, 0) is 32.5 Å². The highest BCUT2D eigenvalue weighted by Gasteiger charge is 2.61. The van der Waals surface area contributed by atoms with Gasteiger partial charge >= 0.3 is 0 Å². The van der Waals surface area contributed by atoms with E-state index >= 15 is 0 Å². The first-order valence-corrected chi connectivity index (χ1v) is 20.8. The van der Waals surface area contributed by atoms with E-state index in [1.54, 1.807) is 0 Å². The van der Waals surface area contributed by atoms with Crippen LogP contribution in [0.3, 0.4) is 0 Å². The van der Waals surface area contributed by atoms with E-state index in [2.05, 4.69) is 53.1 Å². The summed E-state index contributed by atoms with van der Waals surface area (Å²) in [7, 11) is -3.72. The number of hydrogen-bond donors (Lipinski definition) is 0. The van der Waals surface area contributed by atoms with Gasteiger partial charge in [0, 0.05) is 7.59 Å². The molecule has 132 valence electrons. The van der Waals surface area contributed by atoms with Crippen LogP contribution < -0.4 is 0 Å². The van der Waals surface area contributed by atoms with Gasteiger partial charge in [-0.3, -0.25) is 0 Å². The summed E-state index contributed by atoms with van der Waals surface area (Å²) in [6.45, 7) is 20.4. The highest BCUT2D eigenvalue weighted by Crippen LogP contribution is 2.45. The quantitative estimate of drug-likeness (QED) is 0.346. The van der Waals surface area contributed by atoms with E-state index in [0.29, 0.717) is 0 Å². The maximum absolute atomic E-state index is 6.89. The Morgan fingerprint density at radius 3 is 1.82 bits per heavy atom. The number of unbranched alkanes of at least 4 members (excludes halogenated alkanes) is 6. The second kappa shape index (κ2) is 7.66. The van der Waals surface area contributed by atoms with Crippen LogP contribution in [-0.4, -0.2) is 28.1 Å². The SMILES string of the molecule is CCCCCCCCCC1(C)C[Si](C)(C)[Si](C)(C)[Si](C)(C)O1. The summed E-state index contributed by atoms with van der Waals surface area (Å²) in [6, 6.07) is 1.41. The van der Waals surface area contributed by atoms with E-state index in [1.165, 1.54) is 57.4 Å². The Morgan fingerprint density at radius 1 is 0.818 bits per heavy atom. The van der Waals surface area contributed by atoms with Gasteiger partial charge in [-0.1, -0.05) is 78.1 Å². The lowest BCUT2D eigenvalue weighted by Gasteiger charge is -2.58. The summed E-state index contributed by atoms with van der Waals surface area (Å²) in [5.41, 5.74) is 0.206.